The third-order valence-electron chi connectivity index (χ3n) is 3.86. The molecule has 1 aromatic rings. The summed E-state index contributed by atoms with van der Waals surface area (Å²) in [5, 5.41) is 1.85. The number of aryl methyl sites for hydroxylation is 1. The van der Waals surface area contributed by atoms with E-state index in [0.717, 1.165) is 16.9 Å². The molecule has 7 heteroatoms. The molecule has 0 aliphatic carbocycles. The molecule has 0 aromatic carbocycles. The average Bonchev–Trinajstić information content (AvgIpc) is 2.80. The monoisotopic (exact) mass is 337 g/mol. The first-order valence-corrected chi connectivity index (χ1v) is 9.43. The van der Waals surface area contributed by atoms with Crippen molar-refractivity contribution in [1.82, 2.24) is 4.31 Å². The fourth-order valence-corrected chi connectivity index (χ4v) is 6.06. The molecule has 2 heterocycles. The maximum Gasteiger partial charge on any atom is 0.244 e. The van der Waals surface area contributed by atoms with Gasteiger partial charge in [0.1, 0.15) is 4.90 Å². The zero-order valence-corrected chi connectivity index (χ0v) is 14.3. The fourth-order valence-electron chi connectivity index (χ4n) is 2.59. The number of hydrogen-bond donors (Lipinski definition) is 0. The van der Waals surface area contributed by atoms with E-state index in [1.165, 1.54) is 15.6 Å². The Labute approximate surface area is 129 Å². The minimum Gasteiger partial charge on any atom is -0.380 e. The third kappa shape index (κ3) is 2.90. The Morgan fingerprint density at radius 1 is 1.55 bits per heavy atom. The lowest BCUT2D eigenvalue weighted by atomic mass is 9.97. The van der Waals surface area contributed by atoms with Crippen LogP contribution < -0.4 is 0 Å². The molecule has 0 amide bonds. The summed E-state index contributed by atoms with van der Waals surface area (Å²) < 4.78 is 32.6. The van der Waals surface area contributed by atoms with Crippen LogP contribution in [-0.2, 0) is 20.6 Å². The van der Waals surface area contributed by atoms with Crippen molar-refractivity contribution in [2.24, 2.45) is 5.92 Å². The van der Waals surface area contributed by atoms with Gasteiger partial charge in [-0.3, -0.25) is 0 Å². The normalized spacial score (nSPS) is 25.0. The number of thiophene rings is 1. The molecule has 2 rings (SSSR count). The summed E-state index contributed by atoms with van der Waals surface area (Å²) in [6.45, 7) is 4.87. The molecule has 0 spiro atoms. The van der Waals surface area contributed by atoms with E-state index in [9.17, 15) is 8.42 Å². The molecule has 1 saturated heterocycles. The number of ether oxygens (including phenoxy) is 1. The molecule has 1 aliphatic rings. The number of sulfonamides is 1. The number of rotatable bonds is 4. The predicted molar refractivity (Wildman–Crippen MR) is 81.9 cm³/mol. The van der Waals surface area contributed by atoms with Gasteiger partial charge in [-0.1, -0.05) is 6.92 Å². The van der Waals surface area contributed by atoms with Crippen molar-refractivity contribution in [2.75, 3.05) is 20.2 Å². The molecule has 2 unspecified atom stereocenters. The molecule has 4 nitrogen and oxygen atoms in total. The van der Waals surface area contributed by atoms with Gasteiger partial charge < -0.3 is 4.74 Å². The van der Waals surface area contributed by atoms with Crippen molar-refractivity contribution in [2.45, 2.75) is 37.1 Å². The minimum absolute atomic E-state index is 0.0445. The first-order chi connectivity index (χ1) is 9.41. The molecule has 114 valence electrons. The lowest BCUT2D eigenvalue weighted by Gasteiger charge is -2.35. The standard InChI is InChI=1S/C13H20ClNO3S2/c1-9-4-5-15(7-11(9)18-3)20(16,17)13-10(2)8-19-12(13)6-14/h8-9,11H,4-7H2,1-3H3. The minimum atomic E-state index is -3.48. The molecule has 0 radical (unpaired) electrons. The fraction of sp³-hybridized carbons (Fsp3) is 0.692. The second kappa shape index (κ2) is 6.32. The largest absolute Gasteiger partial charge is 0.380 e. The Bertz CT molecular complexity index is 570. The second-order valence-electron chi connectivity index (χ2n) is 5.21. The van der Waals surface area contributed by atoms with Crippen LogP contribution in [0.3, 0.4) is 0 Å². The molecule has 20 heavy (non-hydrogen) atoms. The Kier molecular flexibility index (Phi) is 5.13. The highest BCUT2D eigenvalue weighted by molar-refractivity contribution is 7.89. The lowest BCUT2D eigenvalue weighted by Crippen LogP contribution is -2.46. The second-order valence-corrected chi connectivity index (χ2v) is 8.31. The van der Waals surface area contributed by atoms with E-state index in [2.05, 4.69) is 6.92 Å². The molecule has 0 N–H and O–H groups in total. The van der Waals surface area contributed by atoms with Gasteiger partial charge in [0.25, 0.3) is 0 Å². The van der Waals surface area contributed by atoms with Crippen LogP contribution in [0.4, 0.5) is 0 Å². The van der Waals surface area contributed by atoms with Gasteiger partial charge in [-0.2, -0.15) is 4.31 Å². The molecule has 1 fully saturated rings. The van der Waals surface area contributed by atoms with Crippen LogP contribution in [-0.4, -0.2) is 39.0 Å². The zero-order valence-electron chi connectivity index (χ0n) is 11.9. The number of alkyl halides is 1. The van der Waals surface area contributed by atoms with Crippen molar-refractivity contribution in [3.63, 3.8) is 0 Å². The summed E-state index contributed by atoms with van der Waals surface area (Å²) in [5.74, 6) is 0.605. The zero-order chi connectivity index (χ0) is 14.9. The van der Waals surface area contributed by atoms with E-state index in [4.69, 9.17) is 16.3 Å². The van der Waals surface area contributed by atoms with Crippen LogP contribution in [0.1, 0.15) is 23.8 Å². The number of piperidine rings is 1. The lowest BCUT2D eigenvalue weighted by molar-refractivity contribution is 0.0183. The Morgan fingerprint density at radius 3 is 2.85 bits per heavy atom. The summed E-state index contributed by atoms with van der Waals surface area (Å²) in [5.41, 5.74) is 0.776. The van der Waals surface area contributed by atoms with Gasteiger partial charge >= 0.3 is 0 Å². The quantitative estimate of drug-likeness (QED) is 0.794. The Hall–Kier alpha value is -0.140. The summed E-state index contributed by atoms with van der Waals surface area (Å²) >= 11 is 7.28. The van der Waals surface area contributed by atoms with Crippen molar-refractivity contribution < 1.29 is 13.2 Å². The number of hydrogen-bond acceptors (Lipinski definition) is 4. The number of methoxy groups -OCH3 is 1. The van der Waals surface area contributed by atoms with Crippen LogP contribution in [0.5, 0.6) is 0 Å². The van der Waals surface area contributed by atoms with Crippen LogP contribution >= 0.6 is 22.9 Å². The predicted octanol–water partition coefficient (Wildman–Crippen LogP) is 2.84. The van der Waals surface area contributed by atoms with Gasteiger partial charge in [-0.25, -0.2) is 8.42 Å². The third-order valence-corrected chi connectivity index (χ3v) is 7.62. The van der Waals surface area contributed by atoms with Gasteiger partial charge in [-0.05, 0) is 30.2 Å². The smallest absolute Gasteiger partial charge is 0.244 e. The van der Waals surface area contributed by atoms with Gasteiger partial charge in [0.2, 0.25) is 10.0 Å². The molecule has 0 saturated carbocycles. The van der Waals surface area contributed by atoms with Gasteiger partial charge in [0.15, 0.2) is 0 Å². The summed E-state index contributed by atoms with van der Waals surface area (Å²) in [6, 6.07) is 0. The van der Waals surface area contributed by atoms with Gasteiger partial charge in [0, 0.05) is 25.1 Å². The molecule has 0 bridgehead atoms. The topological polar surface area (TPSA) is 46.6 Å². The van der Waals surface area contributed by atoms with Crippen molar-refractivity contribution in [3.8, 4) is 0 Å². The molecule has 1 aromatic heterocycles. The first-order valence-electron chi connectivity index (χ1n) is 6.57. The van der Waals surface area contributed by atoms with Crippen LogP contribution in [0, 0.1) is 12.8 Å². The molecule has 1 aliphatic heterocycles. The van der Waals surface area contributed by atoms with E-state index in [1.54, 1.807) is 7.11 Å². The highest BCUT2D eigenvalue weighted by Crippen LogP contribution is 2.33. The maximum absolute atomic E-state index is 12.8. The van der Waals surface area contributed by atoms with E-state index in [1.807, 2.05) is 12.3 Å². The summed E-state index contributed by atoms with van der Waals surface area (Å²) in [7, 11) is -1.84. The van der Waals surface area contributed by atoms with E-state index >= 15 is 0 Å². The first kappa shape index (κ1) is 16.2. The summed E-state index contributed by atoms with van der Waals surface area (Å²) in [6.07, 6.45) is 0.772. The molecular formula is C13H20ClNO3S2. The number of nitrogens with zero attached hydrogens (tertiary/aromatic N) is 1. The van der Waals surface area contributed by atoms with Gasteiger partial charge in [-0.15, -0.1) is 22.9 Å². The molecular weight excluding hydrogens is 318 g/mol. The van der Waals surface area contributed by atoms with Crippen LogP contribution in [0.25, 0.3) is 0 Å². The Balaban J connectivity index is 2.33. The van der Waals surface area contributed by atoms with E-state index < -0.39 is 10.0 Å². The van der Waals surface area contributed by atoms with Gasteiger partial charge in [0.05, 0.1) is 12.0 Å². The van der Waals surface area contributed by atoms with Crippen LogP contribution in [0.2, 0.25) is 0 Å². The average molecular weight is 338 g/mol. The number of halogens is 1. The Morgan fingerprint density at radius 2 is 2.25 bits per heavy atom. The summed E-state index contributed by atoms with van der Waals surface area (Å²) in [4.78, 5) is 1.11. The van der Waals surface area contributed by atoms with E-state index in [0.29, 0.717) is 23.9 Å². The van der Waals surface area contributed by atoms with Crippen molar-refractivity contribution in [3.05, 3.63) is 15.8 Å². The van der Waals surface area contributed by atoms with Crippen molar-refractivity contribution in [1.29, 1.82) is 0 Å². The SMILES string of the molecule is COC1CN(S(=O)(=O)c2c(C)csc2CCl)CCC1C. The molecule has 2 atom stereocenters. The van der Waals surface area contributed by atoms with Crippen LogP contribution in [0.15, 0.2) is 10.3 Å². The highest BCUT2D eigenvalue weighted by atomic mass is 35.5. The maximum atomic E-state index is 12.8. The highest BCUT2D eigenvalue weighted by Gasteiger charge is 2.36. The van der Waals surface area contributed by atoms with E-state index in [-0.39, 0.29) is 12.0 Å². The van der Waals surface area contributed by atoms with Crippen molar-refractivity contribution >= 4 is 33.0 Å².